The zero-order valence-corrected chi connectivity index (χ0v) is 20.6. The molecule has 0 N–H and O–H groups in total. The second-order valence-electron chi connectivity index (χ2n) is 8.14. The fourth-order valence-electron chi connectivity index (χ4n) is 4.32. The number of fused-ring (bicyclic) bond motifs is 1. The van der Waals surface area contributed by atoms with E-state index in [0.29, 0.717) is 29.3 Å². The zero-order valence-electron chi connectivity index (χ0n) is 19.7. The summed E-state index contributed by atoms with van der Waals surface area (Å²) < 4.78 is 38.5. The lowest BCUT2D eigenvalue weighted by molar-refractivity contribution is 0.0984. The molecule has 34 heavy (non-hydrogen) atoms. The molecule has 0 atom stereocenters. The summed E-state index contributed by atoms with van der Waals surface area (Å²) in [4.78, 5) is 15.3. The summed E-state index contributed by atoms with van der Waals surface area (Å²) in [6, 6.07) is 16.8. The SMILES string of the molecule is COc1ccccc1N(C)S(=O)(=O)c1ccc(C(=O)N2CCCc3c(C)ccc(OC)c32)cc1. The van der Waals surface area contributed by atoms with E-state index in [1.54, 1.807) is 48.4 Å². The minimum absolute atomic E-state index is 0.0879. The largest absolute Gasteiger partial charge is 0.495 e. The first-order chi connectivity index (χ1) is 16.3. The Labute approximate surface area is 200 Å². The Kier molecular flexibility index (Phi) is 6.52. The van der Waals surface area contributed by atoms with Crippen LogP contribution < -0.4 is 18.7 Å². The Morgan fingerprint density at radius 1 is 0.941 bits per heavy atom. The van der Waals surface area contributed by atoms with Crippen molar-refractivity contribution in [1.82, 2.24) is 0 Å². The second-order valence-corrected chi connectivity index (χ2v) is 10.1. The maximum absolute atomic E-state index is 13.4. The van der Waals surface area contributed by atoms with Crippen LogP contribution in [0.4, 0.5) is 11.4 Å². The van der Waals surface area contributed by atoms with Gasteiger partial charge in [0.05, 0.1) is 30.5 Å². The van der Waals surface area contributed by atoms with Crippen molar-refractivity contribution in [1.29, 1.82) is 0 Å². The Morgan fingerprint density at radius 3 is 2.29 bits per heavy atom. The standard InChI is InChI=1S/C26H28N2O5S/c1-18-11-16-24(33-4)25-21(18)8-7-17-28(25)26(29)19-12-14-20(15-13-19)34(30,31)27(2)22-9-5-6-10-23(22)32-3/h5-6,9-16H,7-8,17H2,1-4H3. The Bertz CT molecular complexity index is 1320. The molecule has 0 saturated carbocycles. The van der Waals surface area contributed by atoms with Crippen molar-refractivity contribution in [3.63, 3.8) is 0 Å². The molecule has 4 rings (SSSR count). The molecule has 7 nitrogen and oxygen atoms in total. The van der Waals surface area contributed by atoms with Crippen LogP contribution in [0, 0.1) is 6.92 Å². The number of aryl methyl sites for hydroxylation is 1. The number of anilines is 2. The van der Waals surface area contributed by atoms with Gasteiger partial charge in [0, 0.05) is 19.2 Å². The molecule has 1 aliphatic heterocycles. The van der Waals surface area contributed by atoms with Gasteiger partial charge in [-0.3, -0.25) is 9.10 Å². The molecule has 0 bridgehead atoms. The summed E-state index contributed by atoms with van der Waals surface area (Å²) in [5.74, 6) is 0.923. The second kappa shape index (κ2) is 9.38. The van der Waals surface area contributed by atoms with E-state index in [-0.39, 0.29) is 10.8 Å². The number of hydrogen-bond acceptors (Lipinski definition) is 5. The summed E-state index contributed by atoms with van der Waals surface area (Å²) in [5, 5.41) is 0. The lowest BCUT2D eigenvalue weighted by Gasteiger charge is -2.32. The normalized spacial score (nSPS) is 13.2. The van der Waals surface area contributed by atoms with Gasteiger partial charge in [-0.15, -0.1) is 0 Å². The molecule has 3 aromatic rings. The molecule has 1 heterocycles. The van der Waals surface area contributed by atoms with Crippen LogP contribution in [0.3, 0.4) is 0 Å². The van der Waals surface area contributed by atoms with Gasteiger partial charge in [-0.1, -0.05) is 18.2 Å². The average Bonchev–Trinajstić information content (AvgIpc) is 2.88. The van der Waals surface area contributed by atoms with Gasteiger partial charge in [-0.05, 0) is 73.4 Å². The minimum Gasteiger partial charge on any atom is -0.495 e. The number of nitrogens with zero attached hydrogens (tertiary/aromatic N) is 2. The molecule has 0 saturated heterocycles. The minimum atomic E-state index is -3.85. The maximum Gasteiger partial charge on any atom is 0.264 e. The number of carbonyl (C=O) groups is 1. The predicted molar refractivity (Wildman–Crippen MR) is 133 cm³/mol. The Balaban J connectivity index is 1.64. The topological polar surface area (TPSA) is 76.2 Å². The predicted octanol–water partition coefficient (Wildman–Crippen LogP) is 4.43. The van der Waals surface area contributed by atoms with Gasteiger partial charge < -0.3 is 14.4 Å². The summed E-state index contributed by atoms with van der Waals surface area (Å²) >= 11 is 0. The molecule has 3 aromatic carbocycles. The smallest absolute Gasteiger partial charge is 0.264 e. The molecular formula is C26H28N2O5S. The average molecular weight is 481 g/mol. The van der Waals surface area contributed by atoms with E-state index in [9.17, 15) is 13.2 Å². The lowest BCUT2D eigenvalue weighted by atomic mass is 9.95. The van der Waals surface area contributed by atoms with Gasteiger partial charge >= 0.3 is 0 Å². The highest BCUT2D eigenvalue weighted by Gasteiger charge is 2.29. The van der Waals surface area contributed by atoms with Gasteiger partial charge in [0.1, 0.15) is 11.5 Å². The number of carbonyl (C=O) groups excluding carboxylic acids is 1. The van der Waals surface area contributed by atoms with Gasteiger partial charge in [0.25, 0.3) is 15.9 Å². The summed E-state index contributed by atoms with van der Waals surface area (Å²) in [5.41, 5.74) is 3.87. The monoisotopic (exact) mass is 480 g/mol. The number of ether oxygens (including phenoxy) is 2. The van der Waals surface area contributed by atoms with Crippen LogP contribution in [-0.2, 0) is 16.4 Å². The van der Waals surface area contributed by atoms with Crippen molar-refractivity contribution in [3.05, 3.63) is 77.4 Å². The third kappa shape index (κ3) is 4.09. The van der Waals surface area contributed by atoms with Crippen molar-refractivity contribution in [2.75, 3.05) is 37.0 Å². The van der Waals surface area contributed by atoms with E-state index >= 15 is 0 Å². The zero-order chi connectivity index (χ0) is 24.5. The van der Waals surface area contributed by atoms with Gasteiger partial charge in [0.2, 0.25) is 0 Å². The Morgan fingerprint density at radius 2 is 1.62 bits per heavy atom. The molecule has 0 aromatic heterocycles. The van der Waals surface area contributed by atoms with E-state index in [0.717, 1.165) is 29.7 Å². The molecule has 1 aliphatic rings. The van der Waals surface area contributed by atoms with Gasteiger partial charge in [0.15, 0.2) is 0 Å². The summed E-state index contributed by atoms with van der Waals surface area (Å²) in [7, 11) is 0.722. The quantitative estimate of drug-likeness (QED) is 0.522. The lowest BCUT2D eigenvalue weighted by Crippen LogP contribution is -2.36. The first kappa shape index (κ1) is 23.6. The van der Waals surface area contributed by atoms with Crippen molar-refractivity contribution in [2.24, 2.45) is 0 Å². The molecule has 0 fully saturated rings. The van der Waals surface area contributed by atoms with E-state index in [1.807, 2.05) is 19.1 Å². The number of para-hydroxylation sites is 2. The molecule has 1 amide bonds. The van der Waals surface area contributed by atoms with Crippen LogP contribution >= 0.6 is 0 Å². The molecule has 0 spiro atoms. The number of amides is 1. The number of sulfonamides is 1. The molecule has 0 radical (unpaired) electrons. The highest BCUT2D eigenvalue weighted by molar-refractivity contribution is 7.92. The third-order valence-electron chi connectivity index (χ3n) is 6.21. The summed E-state index contributed by atoms with van der Waals surface area (Å²) in [6.07, 6.45) is 1.73. The van der Waals surface area contributed by atoms with Crippen LogP contribution in [0.2, 0.25) is 0 Å². The number of hydrogen-bond donors (Lipinski definition) is 0. The summed E-state index contributed by atoms with van der Waals surface area (Å²) in [6.45, 7) is 2.60. The van der Waals surface area contributed by atoms with Crippen molar-refractivity contribution in [2.45, 2.75) is 24.7 Å². The third-order valence-corrected chi connectivity index (χ3v) is 7.99. The number of benzene rings is 3. The highest BCUT2D eigenvalue weighted by atomic mass is 32.2. The van der Waals surface area contributed by atoms with Crippen LogP contribution in [0.25, 0.3) is 0 Å². The molecule has 0 unspecified atom stereocenters. The number of methoxy groups -OCH3 is 2. The van der Waals surface area contributed by atoms with Crippen LogP contribution in [0.15, 0.2) is 65.6 Å². The van der Waals surface area contributed by atoms with Gasteiger partial charge in [-0.2, -0.15) is 0 Å². The van der Waals surface area contributed by atoms with Crippen LogP contribution in [0.5, 0.6) is 11.5 Å². The fraction of sp³-hybridized carbons (Fsp3) is 0.269. The van der Waals surface area contributed by atoms with Crippen LogP contribution in [0.1, 0.15) is 27.9 Å². The molecule has 178 valence electrons. The molecule has 0 aliphatic carbocycles. The molecule has 8 heteroatoms. The van der Waals surface area contributed by atoms with Crippen molar-refractivity contribution >= 4 is 27.3 Å². The Hall–Kier alpha value is -3.52. The fourth-order valence-corrected chi connectivity index (χ4v) is 5.53. The first-order valence-electron chi connectivity index (χ1n) is 11.0. The van der Waals surface area contributed by atoms with Crippen LogP contribution in [-0.4, -0.2) is 42.1 Å². The molecular weight excluding hydrogens is 452 g/mol. The highest BCUT2D eigenvalue weighted by Crippen LogP contribution is 2.39. The van der Waals surface area contributed by atoms with E-state index in [2.05, 4.69) is 0 Å². The first-order valence-corrected chi connectivity index (χ1v) is 12.4. The van der Waals surface area contributed by atoms with E-state index < -0.39 is 10.0 Å². The van der Waals surface area contributed by atoms with E-state index in [1.165, 1.54) is 30.6 Å². The van der Waals surface area contributed by atoms with Gasteiger partial charge in [-0.25, -0.2) is 8.42 Å². The van der Waals surface area contributed by atoms with Crippen molar-refractivity contribution in [3.8, 4) is 11.5 Å². The van der Waals surface area contributed by atoms with E-state index in [4.69, 9.17) is 9.47 Å². The maximum atomic E-state index is 13.4. The van der Waals surface area contributed by atoms with Crippen molar-refractivity contribution < 1.29 is 22.7 Å². The number of rotatable bonds is 6.